The minimum Gasteiger partial charge on any atom is -0.308 e. The molecule has 1 aromatic carbocycles. The molecule has 1 aliphatic rings. The molecule has 26 heavy (non-hydrogen) atoms. The van der Waals surface area contributed by atoms with Gasteiger partial charge in [0.2, 0.25) is 5.82 Å². The van der Waals surface area contributed by atoms with E-state index in [1.54, 1.807) is 11.0 Å². The summed E-state index contributed by atoms with van der Waals surface area (Å²) in [6.07, 6.45) is 1.82. The van der Waals surface area contributed by atoms with Gasteiger partial charge in [0, 0.05) is 26.1 Å². The molecule has 0 saturated heterocycles. The Hall–Kier alpha value is -2.39. The van der Waals surface area contributed by atoms with Crippen molar-refractivity contribution in [3.05, 3.63) is 35.7 Å². The summed E-state index contributed by atoms with van der Waals surface area (Å²) < 4.78 is 16.1. The zero-order valence-electron chi connectivity index (χ0n) is 14.6. The summed E-state index contributed by atoms with van der Waals surface area (Å²) in [7, 11) is 3.90. The molecule has 1 aliphatic heterocycles. The van der Waals surface area contributed by atoms with E-state index in [0.29, 0.717) is 34.3 Å². The van der Waals surface area contributed by atoms with Crippen molar-refractivity contribution < 1.29 is 9.18 Å². The lowest BCUT2D eigenvalue weighted by atomic mass is 10.3. The second-order valence-corrected chi connectivity index (χ2v) is 7.57. The predicted molar refractivity (Wildman–Crippen MR) is 98.2 cm³/mol. The number of benzene rings is 1. The second kappa shape index (κ2) is 6.73. The van der Waals surface area contributed by atoms with Crippen LogP contribution in [0.2, 0.25) is 0 Å². The highest BCUT2D eigenvalue weighted by atomic mass is 32.1. The summed E-state index contributed by atoms with van der Waals surface area (Å²) in [5.41, 5.74) is 0.681. The van der Waals surface area contributed by atoms with Crippen LogP contribution >= 0.6 is 11.3 Å². The number of halogens is 1. The maximum atomic E-state index is 13.5. The van der Waals surface area contributed by atoms with E-state index in [0.717, 1.165) is 25.2 Å². The molecule has 2 aromatic heterocycles. The normalized spacial score (nSPS) is 13.5. The van der Waals surface area contributed by atoms with E-state index in [4.69, 9.17) is 0 Å². The number of anilines is 1. The molecule has 7 nitrogen and oxygen atoms in total. The number of fused-ring (bicyclic) bond motifs is 2. The standard InChI is InChI=1S/C17H19FN6OS/c1-22(2)8-9-24(16(25)15-21-20-14-4-3-7-23(14)15)17-19-12-6-5-11(18)10-13(12)26-17/h5-6,10H,3-4,7-9H2,1-2H3. The van der Waals surface area contributed by atoms with Gasteiger partial charge in [-0.15, -0.1) is 10.2 Å². The lowest BCUT2D eigenvalue weighted by Gasteiger charge is -2.21. The molecule has 0 radical (unpaired) electrons. The first-order valence-electron chi connectivity index (χ1n) is 8.47. The molecule has 0 saturated carbocycles. The summed E-state index contributed by atoms with van der Waals surface area (Å²) in [4.78, 5) is 21.4. The molecular formula is C17H19FN6OS. The number of aryl methyl sites for hydroxylation is 1. The van der Waals surface area contributed by atoms with Crippen LogP contribution in [0.15, 0.2) is 18.2 Å². The van der Waals surface area contributed by atoms with Crippen LogP contribution in [-0.4, -0.2) is 57.7 Å². The van der Waals surface area contributed by atoms with Gasteiger partial charge in [0.25, 0.3) is 5.91 Å². The van der Waals surface area contributed by atoms with Gasteiger partial charge >= 0.3 is 0 Å². The minimum absolute atomic E-state index is 0.216. The van der Waals surface area contributed by atoms with Crippen molar-refractivity contribution in [2.24, 2.45) is 0 Å². The van der Waals surface area contributed by atoms with Gasteiger partial charge in [-0.1, -0.05) is 11.3 Å². The first kappa shape index (κ1) is 17.0. The van der Waals surface area contributed by atoms with Crippen LogP contribution in [0.4, 0.5) is 9.52 Å². The van der Waals surface area contributed by atoms with Gasteiger partial charge < -0.3 is 9.47 Å². The van der Waals surface area contributed by atoms with Gasteiger partial charge in [0.1, 0.15) is 11.6 Å². The van der Waals surface area contributed by atoms with Crippen LogP contribution in [0.5, 0.6) is 0 Å². The van der Waals surface area contributed by atoms with E-state index in [1.807, 2.05) is 23.6 Å². The Morgan fingerprint density at radius 2 is 2.15 bits per heavy atom. The van der Waals surface area contributed by atoms with Crippen LogP contribution in [-0.2, 0) is 13.0 Å². The average molecular weight is 374 g/mol. The van der Waals surface area contributed by atoms with Gasteiger partial charge in [0.05, 0.1) is 10.2 Å². The van der Waals surface area contributed by atoms with Crippen molar-refractivity contribution in [2.45, 2.75) is 19.4 Å². The van der Waals surface area contributed by atoms with Crippen molar-refractivity contribution in [3.8, 4) is 0 Å². The van der Waals surface area contributed by atoms with Gasteiger partial charge in [-0.25, -0.2) is 9.37 Å². The molecule has 0 N–H and O–H groups in total. The Balaban J connectivity index is 1.71. The smallest absolute Gasteiger partial charge is 0.298 e. The molecular weight excluding hydrogens is 355 g/mol. The molecule has 0 atom stereocenters. The fourth-order valence-electron chi connectivity index (χ4n) is 3.02. The zero-order chi connectivity index (χ0) is 18.3. The number of carbonyl (C=O) groups is 1. The van der Waals surface area contributed by atoms with Crippen molar-refractivity contribution in [3.63, 3.8) is 0 Å². The van der Waals surface area contributed by atoms with Crippen LogP contribution in [0.25, 0.3) is 10.2 Å². The highest BCUT2D eigenvalue weighted by molar-refractivity contribution is 7.22. The van der Waals surface area contributed by atoms with E-state index in [1.165, 1.54) is 23.5 Å². The number of aromatic nitrogens is 4. The number of hydrogen-bond donors (Lipinski definition) is 0. The van der Waals surface area contributed by atoms with Gasteiger partial charge in [-0.2, -0.15) is 0 Å². The lowest BCUT2D eigenvalue weighted by molar-refractivity contribution is 0.0971. The van der Waals surface area contributed by atoms with Crippen molar-refractivity contribution >= 4 is 32.6 Å². The summed E-state index contributed by atoms with van der Waals surface area (Å²) in [5.74, 6) is 0.676. The third-order valence-corrected chi connectivity index (χ3v) is 5.43. The number of thiazole rings is 1. The van der Waals surface area contributed by atoms with Crippen LogP contribution < -0.4 is 4.90 Å². The molecule has 0 unspecified atom stereocenters. The lowest BCUT2D eigenvalue weighted by Crippen LogP contribution is -2.38. The van der Waals surface area contributed by atoms with Crippen LogP contribution in [0.1, 0.15) is 22.9 Å². The predicted octanol–water partition coefficient (Wildman–Crippen LogP) is 2.18. The summed E-state index contributed by atoms with van der Waals surface area (Å²) in [5, 5.41) is 8.79. The second-order valence-electron chi connectivity index (χ2n) is 6.56. The van der Waals surface area contributed by atoms with Crippen LogP contribution in [0.3, 0.4) is 0 Å². The summed E-state index contributed by atoms with van der Waals surface area (Å²) in [6, 6.07) is 4.46. The Kier molecular flexibility index (Phi) is 4.41. The highest BCUT2D eigenvalue weighted by Crippen LogP contribution is 2.30. The quantitative estimate of drug-likeness (QED) is 0.685. The van der Waals surface area contributed by atoms with Gasteiger partial charge in [-0.3, -0.25) is 9.69 Å². The summed E-state index contributed by atoms with van der Waals surface area (Å²) in [6.45, 7) is 1.91. The van der Waals surface area contributed by atoms with E-state index >= 15 is 0 Å². The fraction of sp³-hybridized carbons (Fsp3) is 0.412. The van der Waals surface area contributed by atoms with Crippen LogP contribution in [0, 0.1) is 5.82 Å². The highest BCUT2D eigenvalue weighted by Gasteiger charge is 2.28. The number of amides is 1. The number of carbonyl (C=O) groups excluding carboxylic acids is 1. The van der Waals surface area contributed by atoms with Crippen molar-refractivity contribution in [1.29, 1.82) is 0 Å². The number of likely N-dealkylation sites (N-methyl/N-ethyl adjacent to an activating group) is 1. The molecule has 3 aromatic rings. The SMILES string of the molecule is CN(C)CCN(C(=O)c1nnc2n1CCC2)c1nc2ccc(F)cc2s1. The largest absolute Gasteiger partial charge is 0.308 e. The molecule has 9 heteroatoms. The van der Waals surface area contributed by atoms with Gasteiger partial charge in [0.15, 0.2) is 5.13 Å². The minimum atomic E-state index is -0.311. The number of hydrogen-bond acceptors (Lipinski definition) is 6. The van der Waals surface area contributed by atoms with E-state index in [9.17, 15) is 9.18 Å². The molecule has 0 fully saturated rings. The first-order valence-corrected chi connectivity index (χ1v) is 9.29. The summed E-state index contributed by atoms with van der Waals surface area (Å²) >= 11 is 1.31. The van der Waals surface area contributed by atoms with Crippen molar-refractivity contribution in [1.82, 2.24) is 24.6 Å². The molecule has 0 aliphatic carbocycles. The number of nitrogens with zero attached hydrogens (tertiary/aromatic N) is 6. The Labute approximate surface area is 154 Å². The third-order valence-electron chi connectivity index (χ3n) is 4.39. The van der Waals surface area contributed by atoms with E-state index in [-0.39, 0.29) is 11.7 Å². The monoisotopic (exact) mass is 374 g/mol. The van der Waals surface area contributed by atoms with Crippen molar-refractivity contribution in [2.75, 3.05) is 32.1 Å². The zero-order valence-corrected chi connectivity index (χ0v) is 15.5. The average Bonchev–Trinajstić information content (AvgIpc) is 3.28. The third kappa shape index (κ3) is 3.08. The Morgan fingerprint density at radius 1 is 1.31 bits per heavy atom. The number of rotatable bonds is 5. The fourth-order valence-corrected chi connectivity index (χ4v) is 4.03. The Bertz CT molecular complexity index is 965. The molecule has 0 bridgehead atoms. The molecule has 4 rings (SSSR count). The van der Waals surface area contributed by atoms with E-state index < -0.39 is 0 Å². The topological polar surface area (TPSA) is 67.2 Å². The maximum Gasteiger partial charge on any atom is 0.298 e. The maximum absolute atomic E-state index is 13.5. The molecule has 0 spiro atoms. The Morgan fingerprint density at radius 3 is 2.96 bits per heavy atom. The van der Waals surface area contributed by atoms with Gasteiger partial charge in [-0.05, 0) is 38.7 Å². The van der Waals surface area contributed by atoms with E-state index in [2.05, 4.69) is 15.2 Å². The first-order chi connectivity index (χ1) is 12.5. The molecule has 136 valence electrons. The molecule has 1 amide bonds. The molecule has 3 heterocycles.